The molecule has 9 aliphatic rings. The highest BCUT2D eigenvalue weighted by molar-refractivity contribution is 8.07. The highest BCUT2D eigenvalue weighted by Crippen LogP contribution is 2.59. The lowest BCUT2D eigenvalue weighted by Crippen LogP contribution is -2.34. The first-order valence-electron chi connectivity index (χ1n) is 38.6. The van der Waals surface area contributed by atoms with Gasteiger partial charge in [-0.25, -0.2) is 51.3 Å². The van der Waals surface area contributed by atoms with Gasteiger partial charge in [-0.05, 0) is 59.7 Å². The van der Waals surface area contributed by atoms with Gasteiger partial charge in [0.1, 0.15) is 72.8 Å². The summed E-state index contributed by atoms with van der Waals surface area (Å²) in [6.45, 7) is -16.2. The number of alkyl halides is 3. The molecule has 0 spiro atoms. The van der Waals surface area contributed by atoms with Gasteiger partial charge in [0.05, 0.1) is 87.6 Å². The second kappa shape index (κ2) is 35.3. The molecule has 9 aliphatic heterocycles. The number of imidazole rings is 2. The average Bonchev–Trinajstić information content (AvgIpc) is 1.62. The number of H-pyrrole nitrogens is 3. The minimum absolute atomic E-state index is 0.0126. The lowest BCUT2D eigenvalue weighted by molar-refractivity contribution is -0.0680. The molecule has 21 N–H and O–H groups in total. The molecule has 12 aromatic rings. The quantitative estimate of drug-likeness (QED) is 0.0958. The van der Waals surface area contributed by atoms with Gasteiger partial charge in [0.15, 0.2) is 100.0 Å². The highest BCUT2D eigenvalue weighted by atomic mass is 32.5. The topological polar surface area (TPSA) is 803 Å². The summed E-state index contributed by atoms with van der Waals surface area (Å²) in [6.07, 6.45) is -21.2. The zero-order valence-electron chi connectivity index (χ0n) is 66.2. The normalized spacial score (nSPS) is 36.6. The smallest absolute Gasteiger partial charge is 0.398 e. The van der Waals surface area contributed by atoms with E-state index in [4.69, 9.17) is 153 Å². The van der Waals surface area contributed by atoms with E-state index in [1.807, 2.05) is 0 Å². The molecule has 9 fully saturated rings. The number of rotatable bonds is 6. The van der Waals surface area contributed by atoms with Crippen molar-refractivity contribution >= 4 is 175 Å². The van der Waals surface area contributed by atoms with Crippen LogP contribution in [0.5, 0.6) is 0 Å². The number of nitrogens with two attached hydrogens (primary N) is 6. The van der Waals surface area contributed by atoms with E-state index in [-0.39, 0.29) is 101 Å². The van der Waals surface area contributed by atoms with E-state index in [1.165, 1.54) is 57.0 Å². The van der Waals surface area contributed by atoms with Crippen molar-refractivity contribution < 1.29 is 139 Å². The molecule has 59 nitrogen and oxygen atoms in total. The molecule has 708 valence electrons. The Bertz CT molecular complexity index is 7010. The SMILES string of the molecule is Nc1nc2c(ncn2[C@@H]2O[C@@H]3COP(=O)(O)O[C@H]4C[C@H](c5cnc6c(N)ccnn56)O[C@@H]4COP(O)(=S)O[C@@H]2C3)c(=O)[nH]1.Nc1nc2c(nnn2[C@@H]2O[C@@H]3COP(=O)(O)O[C@H]4[C@H](F)[C@H](n5ccc6c(N)ccnc65)O[C@@H]4COP(O)(=S)O[C@@H]2C3)c(=O)[nH]1.Nc1nc2c(nnn2[C@@H]2O[C@@H]3COP(=O)(O)O[C@H]4[C@H](F)[C@H](n5nnc6c(N)ccnc65)O[C@@H]4COP(O)(=S)O[C@@H]2[C@H]3F)c(=O)[nH]1. The molecule has 0 saturated carbocycles. The molecule has 0 radical (unpaired) electrons. The minimum Gasteiger partial charge on any atom is -0.398 e. The maximum Gasteiger partial charge on any atom is 0.472 e. The Balaban J connectivity index is 0.000000128. The van der Waals surface area contributed by atoms with Gasteiger partial charge in [0.2, 0.25) is 17.8 Å². The van der Waals surface area contributed by atoms with Crippen molar-refractivity contribution in [2.24, 2.45) is 0 Å². The number of ether oxygens (including phenoxy) is 6. The second-order valence-electron chi connectivity index (χ2n) is 30.2. The maximum atomic E-state index is 15.9. The van der Waals surface area contributed by atoms with Crippen LogP contribution in [0.15, 0.2) is 76.0 Å². The number of fused-ring (bicyclic) bond motifs is 15. The fourth-order valence-corrected chi connectivity index (χ4v) is 23.0. The Morgan fingerprint density at radius 3 is 1.53 bits per heavy atom. The van der Waals surface area contributed by atoms with E-state index in [0.717, 1.165) is 14.0 Å². The van der Waals surface area contributed by atoms with Crippen LogP contribution in [-0.4, -0.2) is 274 Å². The Morgan fingerprint density at radius 2 is 0.902 bits per heavy atom. The molecule has 27 atom stereocenters. The van der Waals surface area contributed by atoms with Gasteiger partial charge in [0, 0.05) is 48.9 Å². The van der Waals surface area contributed by atoms with Crippen LogP contribution in [0.4, 0.5) is 48.1 Å². The van der Waals surface area contributed by atoms with E-state index in [9.17, 15) is 57.4 Å². The monoisotopic (exact) mass is 2030 g/mol. The molecule has 71 heteroatoms. The number of aromatic nitrogens is 23. The van der Waals surface area contributed by atoms with Crippen LogP contribution >= 0.6 is 43.6 Å². The van der Waals surface area contributed by atoms with E-state index >= 15 is 13.2 Å². The lowest BCUT2D eigenvalue weighted by Gasteiger charge is -2.27. The summed E-state index contributed by atoms with van der Waals surface area (Å²) in [5.74, 6) is -0.702. The number of nitrogen functional groups attached to an aromatic ring is 6. The maximum absolute atomic E-state index is 15.9. The van der Waals surface area contributed by atoms with Gasteiger partial charge >= 0.3 is 43.6 Å². The zero-order valence-corrected chi connectivity index (χ0v) is 74.0. The highest BCUT2D eigenvalue weighted by Gasteiger charge is 2.58. The molecule has 21 rings (SSSR count). The Labute approximate surface area is 744 Å². The number of phosphoric acid groups is 3. The molecule has 9 saturated heterocycles. The number of halogens is 3. The van der Waals surface area contributed by atoms with Crippen molar-refractivity contribution in [2.45, 2.75) is 148 Å². The number of aromatic amines is 3. The summed E-state index contributed by atoms with van der Waals surface area (Å²) in [4.78, 5) is 137. The summed E-state index contributed by atoms with van der Waals surface area (Å²) in [7, 11) is -14.8. The number of hydrogen-bond acceptors (Lipinski definition) is 47. The lowest BCUT2D eigenvalue weighted by atomic mass is 10.1. The van der Waals surface area contributed by atoms with Gasteiger partial charge in [-0.3, -0.25) is 65.6 Å². The van der Waals surface area contributed by atoms with Crippen molar-refractivity contribution in [2.75, 3.05) is 74.0 Å². The fraction of sp³-hybridized carbons (Fsp3) is 0.492. The summed E-state index contributed by atoms with van der Waals surface area (Å²) in [5, 5.41) is 27.7. The average molecular weight is 2030 g/mol. The van der Waals surface area contributed by atoms with Crippen molar-refractivity contribution in [3.05, 3.63) is 98.3 Å². The third-order valence-corrected chi connectivity index (χ3v) is 29.3. The van der Waals surface area contributed by atoms with E-state index < -0.39 is 216 Å². The molecule has 12 aromatic heterocycles. The van der Waals surface area contributed by atoms with Crippen LogP contribution in [0.3, 0.4) is 0 Å². The van der Waals surface area contributed by atoms with Crippen molar-refractivity contribution in [3.8, 4) is 0 Å². The second-order valence-corrected chi connectivity index (χ2v) is 42.8. The van der Waals surface area contributed by atoms with Crippen LogP contribution in [0, 0.1) is 0 Å². The van der Waals surface area contributed by atoms with Gasteiger partial charge in [-0.1, -0.05) is 15.6 Å². The molecule has 6 unspecified atom stereocenters. The first-order valence-corrected chi connectivity index (χ1v) is 50.9. The number of pyridine rings is 2. The Morgan fingerprint density at radius 1 is 0.409 bits per heavy atom. The van der Waals surface area contributed by atoms with Gasteiger partial charge in [-0.2, -0.15) is 34.1 Å². The van der Waals surface area contributed by atoms with E-state index in [0.29, 0.717) is 33.7 Å². The van der Waals surface area contributed by atoms with Gasteiger partial charge < -0.3 is 119 Å². The molecule has 6 bridgehead atoms. The largest absolute Gasteiger partial charge is 0.472 e. The summed E-state index contributed by atoms with van der Waals surface area (Å²) in [5.41, 5.74) is 34.6. The summed E-state index contributed by atoms with van der Waals surface area (Å²) in [6, 6.07) is 6.24. The number of nitrogens with one attached hydrogen (secondary N) is 3. The Kier molecular flexibility index (Phi) is 24.6. The molecule has 0 amide bonds. The van der Waals surface area contributed by atoms with Crippen LogP contribution in [0.25, 0.3) is 61.3 Å². The number of phosphoric ester groups is 3. The number of hydrogen-bond donors (Lipinski definition) is 15. The van der Waals surface area contributed by atoms with Crippen molar-refractivity contribution in [3.63, 3.8) is 0 Å². The molecule has 0 aromatic carbocycles. The van der Waals surface area contributed by atoms with Crippen LogP contribution in [0.2, 0.25) is 0 Å². The van der Waals surface area contributed by atoms with E-state index in [2.05, 4.69) is 85.9 Å². The fourth-order valence-electron chi connectivity index (χ4n) is 15.8. The van der Waals surface area contributed by atoms with E-state index in [1.54, 1.807) is 18.2 Å². The van der Waals surface area contributed by atoms with Crippen LogP contribution in [0.1, 0.15) is 62.2 Å². The number of nitrogens with zero attached hydrogens (tertiary/aromatic N) is 20. The predicted molar refractivity (Wildman–Crippen MR) is 444 cm³/mol. The zero-order chi connectivity index (χ0) is 92.9. The number of anilines is 6. The standard InChI is InChI=1S/C21H24FN9O10P2S.C21H25N9O10P2S.C19H21F2N11O10P2S/c22-13-15-12(39-20(13)30-4-2-9-10(23)1-3-25-16(9)30)7-37-43(35,44)40-11-5-8(6-36-42(33,34)41-15)38-19(11)31-17-14(28-29-31)18(32)27-21(24)26-17;22-10-1-2-26-30-11(5-24-17(10)30)12-4-13-15(38-12)7-36-42(34,43)40-14-3-9(6-35-41(32,33)39-13)37-20(14)29-8-25-16-18(29)27-21(23)28-19(16)31;20-8-6-3-37-43(34,35)41-12-7(40-17(9(12)21)31-14-10(27-29-31)5(22)1-2-24-14)4-38-44(36,45)42-13(8)18(39-6)32-15-11(28-30-32)16(33)26-19(23)25-15/h1-4,8,11-13,15,19-20H,5-7H2,(H2,23,25)(H,33,34)(H,35,44)(H3,24,26,27,32);1-2,5,8-9,12-15,20H,3-4,6-7,22H2,(H,32,33)(H,34,43)(H3,23,27,28,31);1-2,6-9,12-13,17-18H,3-4H2,(H2,22,24)(H,34,35)(H,36,45)(H3,23,25,26,33)/t8-,11+,12+,13-,15+,19+,20+,43?;9-,12+,13-,14+,15+,20+,42?;6-,7-,8+,9+,12-,13-,17-,18-,44?/m001/s1. The van der Waals surface area contributed by atoms with Crippen LogP contribution < -0.4 is 51.1 Å². The molecule has 132 heavy (non-hydrogen) atoms. The Hall–Kier alpha value is -8.96. The molecular weight excluding hydrogens is 1960 g/mol. The van der Waals surface area contributed by atoms with Crippen LogP contribution in [-0.2, 0) is 132 Å². The van der Waals surface area contributed by atoms with Gasteiger partial charge in [0.25, 0.3) is 16.7 Å². The summed E-state index contributed by atoms with van der Waals surface area (Å²) >= 11 is 15.7. The molecule has 0 aliphatic carbocycles. The van der Waals surface area contributed by atoms with Crippen molar-refractivity contribution in [1.82, 2.24) is 114 Å². The first kappa shape index (κ1) is 92.1. The first-order chi connectivity index (χ1) is 62.7. The summed E-state index contributed by atoms with van der Waals surface area (Å²) < 4.78 is 194. The third-order valence-electron chi connectivity index (χ3n) is 21.6. The minimum atomic E-state index is -5.17. The predicted octanol–water partition coefficient (Wildman–Crippen LogP) is -0.211. The molecular formula is C61H70F3N29O30P6S3. The van der Waals surface area contributed by atoms with Gasteiger partial charge in [-0.15, -0.1) is 15.3 Å². The molecule has 21 heterocycles. The van der Waals surface area contributed by atoms with Crippen molar-refractivity contribution in [1.29, 1.82) is 0 Å². The third kappa shape index (κ3) is 18.3.